The monoisotopic (exact) mass is 463 g/mol. The Morgan fingerprint density at radius 1 is 0.969 bits per heavy atom. The summed E-state index contributed by atoms with van der Waals surface area (Å²) in [5, 5.41) is 5.60. The standard InChI is InChI=1S/C22H25NO8S/c1-27-16-6-5-11(7-17(16)28-2)19-12-9-18(29-3)20(30-4)21(32(23,25)26)13(12)8-14-15(19)10-31-22(14)24/h5-7,9,14-15,19H,8,10H2,1-4H3,(H2,23,25,26). The highest BCUT2D eigenvalue weighted by Gasteiger charge is 2.49. The summed E-state index contributed by atoms with van der Waals surface area (Å²) in [6.07, 6.45) is 0.175. The Balaban J connectivity index is 2.03. The first kappa shape index (κ1) is 22.2. The summed E-state index contributed by atoms with van der Waals surface area (Å²) < 4.78 is 52.3. The zero-order valence-electron chi connectivity index (χ0n) is 18.2. The molecule has 0 spiro atoms. The Morgan fingerprint density at radius 2 is 1.66 bits per heavy atom. The molecule has 0 amide bonds. The maximum absolute atomic E-state index is 12.6. The van der Waals surface area contributed by atoms with E-state index in [4.69, 9.17) is 28.8 Å². The van der Waals surface area contributed by atoms with Crippen LogP contribution >= 0.6 is 0 Å². The number of cyclic esters (lactones) is 1. The normalized spacial score (nSPS) is 21.9. The van der Waals surface area contributed by atoms with Crippen molar-refractivity contribution >= 4 is 16.0 Å². The van der Waals surface area contributed by atoms with E-state index in [1.165, 1.54) is 21.3 Å². The number of sulfonamides is 1. The van der Waals surface area contributed by atoms with Crippen molar-refractivity contribution in [3.8, 4) is 23.0 Å². The highest BCUT2D eigenvalue weighted by Crippen LogP contribution is 2.52. The van der Waals surface area contributed by atoms with Gasteiger partial charge >= 0.3 is 5.97 Å². The van der Waals surface area contributed by atoms with Crippen molar-refractivity contribution < 1.29 is 36.9 Å². The molecule has 9 nitrogen and oxygen atoms in total. The van der Waals surface area contributed by atoms with Gasteiger partial charge in [-0.1, -0.05) is 6.07 Å². The average Bonchev–Trinajstić information content (AvgIpc) is 3.14. The first-order valence-electron chi connectivity index (χ1n) is 9.94. The zero-order valence-corrected chi connectivity index (χ0v) is 19.0. The van der Waals surface area contributed by atoms with Gasteiger partial charge in [0.25, 0.3) is 0 Å². The minimum atomic E-state index is -4.20. The number of benzene rings is 2. The van der Waals surface area contributed by atoms with Crippen LogP contribution in [0.2, 0.25) is 0 Å². The maximum atomic E-state index is 12.6. The van der Waals surface area contributed by atoms with Gasteiger partial charge in [-0.2, -0.15) is 0 Å². The third-order valence-corrected chi connectivity index (χ3v) is 7.24. The molecule has 2 N–H and O–H groups in total. The second kappa shape index (κ2) is 8.18. The van der Waals surface area contributed by atoms with E-state index in [-0.39, 0.29) is 47.2 Å². The predicted octanol–water partition coefficient (Wildman–Crippen LogP) is 1.85. The summed E-state index contributed by atoms with van der Waals surface area (Å²) in [7, 11) is 1.66. The molecule has 1 saturated heterocycles. The van der Waals surface area contributed by atoms with Crippen molar-refractivity contribution in [2.75, 3.05) is 35.0 Å². The van der Waals surface area contributed by atoms with Crippen LogP contribution in [0.5, 0.6) is 23.0 Å². The lowest BCUT2D eigenvalue weighted by Gasteiger charge is -2.35. The molecule has 2 aliphatic rings. The molecule has 4 rings (SSSR count). The number of nitrogens with two attached hydrogens (primary N) is 1. The molecule has 3 unspecified atom stereocenters. The third kappa shape index (κ3) is 3.43. The molecule has 10 heteroatoms. The van der Waals surface area contributed by atoms with Crippen molar-refractivity contribution in [2.45, 2.75) is 17.2 Å². The van der Waals surface area contributed by atoms with Crippen LogP contribution in [-0.4, -0.2) is 49.4 Å². The van der Waals surface area contributed by atoms with Crippen LogP contribution in [0.1, 0.15) is 22.6 Å². The van der Waals surface area contributed by atoms with Crippen molar-refractivity contribution in [1.29, 1.82) is 0 Å². The van der Waals surface area contributed by atoms with Crippen LogP contribution in [0.3, 0.4) is 0 Å². The summed E-state index contributed by atoms with van der Waals surface area (Å²) in [5.41, 5.74) is 1.95. The predicted molar refractivity (Wildman–Crippen MR) is 114 cm³/mol. The molecule has 1 aliphatic carbocycles. The fourth-order valence-electron chi connectivity index (χ4n) is 4.87. The Labute approximate surface area is 186 Å². The molecular formula is C22H25NO8S. The smallest absolute Gasteiger partial charge is 0.309 e. The van der Waals surface area contributed by atoms with Crippen LogP contribution in [0.15, 0.2) is 29.2 Å². The van der Waals surface area contributed by atoms with E-state index in [0.717, 1.165) is 5.56 Å². The second-order valence-electron chi connectivity index (χ2n) is 7.75. The van der Waals surface area contributed by atoms with Gasteiger partial charge in [-0.25, -0.2) is 13.6 Å². The van der Waals surface area contributed by atoms with Gasteiger partial charge in [-0.3, -0.25) is 4.79 Å². The molecule has 3 atom stereocenters. The molecule has 0 bridgehead atoms. The molecule has 0 aromatic heterocycles. The van der Waals surface area contributed by atoms with E-state index < -0.39 is 15.9 Å². The van der Waals surface area contributed by atoms with Gasteiger partial charge in [-0.05, 0) is 41.3 Å². The molecule has 2 aromatic carbocycles. The van der Waals surface area contributed by atoms with E-state index in [2.05, 4.69) is 0 Å². The number of esters is 1. The largest absolute Gasteiger partial charge is 0.493 e. The highest BCUT2D eigenvalue weighted by atomic mass is 32.2. The van der Waals surface area contributed by atoms with E-state index in [9.17, 15) is 13.2 Å². The minimum Gasteiger partial charge on any atom is -0.493 e. The zero-order chi connectivity index (χ0) is 23.2. The van der Waals surface area contributed by atoms with Crippen molar-refractivity contribution in [2.24, 2.45) is 17.0 Å². The Bertz CT molecular complexity index is 1180. The van der Waals surface area contributed by atoms with Crippen LogP contribution in [0.25, 0.3) is 0 Å². The molecule has 2 aromatic rings. The molecule has 172 valence electrons. The van der Waals surface area contributed by atoms with Crippen molar-refractivity contribution in [1.82, 2.24) is 0 Å². The molecular weight excluding hydrogens is 438 g/mol. The molecule has 0 saturated carbocycles. The quantitative estimate of drug-likeness (QED) is 0.644. The van der Waals surface area contributed by atoms with Gasteiger partial charge in [0.1, 0.15) is 4.90 Å². The van der Waals surface area contributed by atoms with Crippen LogP contribution < -0.4 is 24.1 Å². The number of methoxy groups -OCH3 is 4. The van der Waals surface area contributed by atoms with Gasteiger partial charge in [0, 0.05) is 11.8 Å². The number of fused-ring (bicyclic) bond motifs is 2. The van der Waals surface area contributed by atoms with Crippen molar-refractivity contribution in [3.63, 3.8) is 0 Å². The first-order chi connectivity index (χ1) is 15.2. The third-order valence-electron chi connectivity index (χ3n) is 6.24. The second-order valence-corrected chi connectivity index (χ2v) is 9.25. The number of carbonyl (C=O) groups excluding carboxylic acids is 1. The number of rotatable bonds is 6. The molecule has 0 radical (unpaired) electrons. The summed E-state index contributed by atoms with van der Waals surface area (Å²) in [5.74, 6) is -0.101. The fraction of sp³-hybridized carbons (Fsp3) is 0.409. The van der Waals surface area contributed by atoms with E-state index >= 15 is 0 Å². The fourth-order valence-corrected chi connectivity index (χ4v) is 5.86. The maximum Gasteiger partial charge on any atom is 0.309 e. The van der Waals surface area contributed by atoms with Gasteiger partial charge in [0.15, 0.2) is 23.0 Å². The lowest BCUT2D eigenvalue weighted by molar-refractivity contribution is -0.141. The van der Waals surface area contributed by atoms with Gasteiger partial charge in [0.05, 0.1) is 41.0 Å². The lowest BCUT2D eigenvalue weighted by atomic mass is 9.67. The molecule has 1 fully saturated rings. The van der Waals surface area contributed by atoms with E-state index in [1.807, 2.05) is 12.1 Å². The number of hydrogen-bond donors (Lipinski definition) is 1. The number of primary sulfonamides is 1. The molecule has 32 heavy (non-hydrogen) atoms. The first-order valence-corrected chi connectivity index (χ1v) is 11.5. The van der Waals surface area contributed by atoms with Gasteiger partial charge in [0.2, 0.25) is 10.0 Å². The number of carbonyl (C=O) groups is 1. The molecule has 1 aliphatic heterocycles. The van der Waals surface area contributed by atoms with E-state index in [0.29, 0.717) is 22.6 Å². The SMILES string of the molecule is COc1ccc(C2c3cc(OC)c(OC)c(S(N)(=O)=O)c3CC3C(=O)OCC32)cc1OC. The summed E-state index contributed by atoms with van der Waals surface area (Å²) >= 11 is 0. The topological polar surface area (TPSA) is 123 Å². The lowest BCUT2D eigenvalue weighted by Crippen LogP contribution is -2.33. The minimum absolute atomic E-state index is 0.0182. The number of ether oxygens (including phenoxy) is 5. The Kier molecular flexibility index (Phi) is 5.68. The summed E-state index contributed by atoms with van der Waals surface area (Å²) in [4.78, 5) is 12.4. The van der Waals surface area contributed by atoms with Gasteiger partial charge < -0.3 is 23.7 Å². The van der Waals surface area contributed by atoms with Crippen molar-refractivity contribution in [3.05, 3.63) is 41.0 Å². The highest BCUT2D eigenvalue weighted by molar-refractivity contribution is 7.89. The van der Waals surface area contributed by atoms with E-state index in [1.54, 1.807) is 19.2 Å². The number of hydrogen-bond acceptors (Lipinski definition) is 8. The molecule has 1 heterocycles. The summed E-state index contributed by atoms with van der Waals surface area (Å²) in [6, 6.07) is 7.22. The van der Waals surface area contributed by atoms with Crippen LogP contribution in [-0.2, 0) is 26.0 Å². The Morgan fingerprint density at radius 3 is 2.25 bits per heavy atom. The van der Waals surface area contributed by atoms with Gasteiger partial charge in [-0.15, -0.1) is 0 Å². The average molecular weight is 464 g/mol. The summed E-state index contributed by atoms with van der Waals surface area (Å²) in [6.45, 7) is 0.223. The van der Waals surface area contributed by atoms with Crippen LogP contribution in [0, 0.1) is 11.8 Å². The Hall–Kier alpha value is -2.98. The van der Waals surface area contributed by atoms with Crippen LogP contribution in [0.4, 0.5) is 0 Å².